The van der Waals surface area contributed by atoms with Gasteiger partial charge in [0.2, 0.25) is 0 Å². The van der Waals surface area contributed by atoms with Crippen molar-refractivity contribution in [3.05, 3.63) is 11.8 Å². The maximum Gasteiger partial charge on any atom is 0.320 e. The number of sulfonamides is 1. The van der Waals surface area contributed by atoms with Crippen molar-refractivity contribution in [1.82, 2.24) is 20.2 Å². The minimum Gasteiger partial charge on any atom is -0.313 e. The molecule has 0 aliphatic rings. The molecule has 0 aliphatic carbocycles. The molecule has 0 bridgehead atoms. The molecule has 1 aromatic rings. The Morgan fingerprint density at radius 2 is 2.10 bits per heavy atom. The van der Waals surface area contributed by atoms with E-state index in [9.17, 15) is 26.0 Å². The summed E-state index contributed by atoms with van der Waals surface area (Å²) in [6.07, 6.45) is -2.74. The number of hydrogen-bond donors (Lipinski definition) is 3. The van der Waals surface area contributed by atoms with E-state index in [0.717, 1.165) is 0 Å². The minimum atomic E-state index is -4.44. The van der Waals surface area contributed by atoms with Gasteiger partial charge in [0.05, 0.1) is 12.7 Å². The van der Waals surface area contributed by atoms with Gasteiger partial charge in [0.25, 0.3) is 10.0 Å². The first-order chi connectivity index (χ1) is 9.20. The Kier molecular flexibility index (Phi) is 5.48. The lowest BCUT2D eigenvalue weighted by molar-refractivity contribution is -0.122. The minimum absolute atomic E-state index is 0.147. The van der Waals surface area contributed by atoms with E-state index in [1.54, 1.807) is 6.92 Å². The third-order valence-corrected chi connectivity index (χ3v) is 3.74. The normalized spacial score (nSPS) is 13.1. The van der Waals surface area contributed by atoms with Crippen LogP contribution in [0.25, 0.3) is 0 Å². The molecule has 1 rings (SSSR count). The third kappa shape index (κ3) is 4.15. The molecule has 0 atom stereocenters. The van der Waals surface area contributed by atoms with Gasteiger partial charge in [-0.1, -0.05) is 6.92 Å². The van der Waals surface area contributed by atoms with Crippen molar-refractivity contribution in [1.29, 1.82) is 0 Å². The topological polar surface area (TPSA) is 86.9 Å². The van der Waals surface area contributed by atoms with E-state index in [1.165, 1.54) is 10.9 Å². The molecule has 0 aromatic carbocycles. The number of aromatic amines is 1. The largest absolute Gasteiger partial charge is 0.320 e. The Balaban J connectivity index is 2.82. The Morgan fingerprint density at radius 3 is 2.65 bits per heavy atom. The molecule has 1 heterocycles. The van der Waals surface area contributed by atoms with Crippen LogP contribution >= 0.6 is 0 Å². The third-order valence-electron chi connectivity index (χ3n) is 2.33. The first-order valence-electron chi connectivity index (χ1n) is 5.59. The zero-order valence-electron chi connectivity index (χ0n) is 10.5. The summed E-state index contributed by atoms with van der Waals surface area (Å²) in [6.45, 7) is 0.804. The Labute approximate surface area is 113 Å². The van der Waals surface area contributed by atoms with Gasteiger partial charge in [-0.15, -0.1) is 0 Å². The van der Waals surface area contributed by atoms with E-state index in [4.69, 9.17) is 0 Å². The van der Waals surface area contributed by atoms with E-state index in [2.05, 4.69) is 15.5 Å². The number of H-pyrrole nitrogens is 1. The van der Waals surface area contributed by atoms with Crippen molar-refractivity contribution in [3.63, 3.8) is 0 Å². The molecule has 11 heteroatoms. The highest BCUT2D eigenvalue weighted by atomic mass is 32.2. The summed E-state index contributed by atoms with van der Waals surface area (Å²) >= 11 is 0. The Morgan fingerprint density at radius 1 is 1.45 bits per heavy atom. The fourth-order valence-electron chi connectivity index (χ4n) is 1.26. The van der Waals surface area contributed by atoms with Crippen LogP contribution in [0.3, 0.4) is 0 Å². The van der Waals surface area contributed by atoms with Crippen molar-refractivity contribution in [2.75, 3.05) is 13.1 Å². The van der Waals surface area contributed by atoms with Crippen LogP contribution in [0.2, 0.25) is 0 Å². The van der Waals surface area contributed by atoms with Crippen LogP contribution in [0, 0.1) is 0 Å². The van der Waals surface area contributed by atoms with Crippen molar-refractivity contribution in [2.45, 2.75) is 30.8 Å². The predicted octanol–water partition coefficient (Wildman–Crippen LogP) is 0.698. The van der Waals surface area contributed by atoms with Gasteiger partial charge in [0.1, 0.15) is 0 Å². The van der Waals surface area contributed by atoms with E-state index < -0.39 is 33.9 Å². The molecule has 0 radical (unpaired) electrons. The van der Waals surface area contributed by atoms with Gasteiger partial charge in [-0.2, -0.15) is 13.9 Å². The molecule has 0 amide bonds. The second-order valence-electron chi connectivity index (χ2n) is 3.89. The van der Waals surface area contributed by atoms with E-state index in [-0.39, 0.29) is 12.1 Å². The lowest BCUT2D eigenvalue weighted by atomic mass is 10.3. The van der Waals surface area contributed by atoms with Crippen LogP contribution in [0.15, 0.2) is 11.2 Å². The molecule has 6 nitrogen and oxygen atoms in total. The molecule has 1 aromatic heterocycles. The fourth-order valence-corrected chi connectivity index (χ4v) is 2.43. The van der Waals surface area contributed by atoms with Gasteiger partial charge in [-0.3, -0.25) is 5.10 Å². The molecule has 0 spiro atoms. The zero-order valence-corrected chi connectivity index (χ0v) is 11.3. The molecule has 20 heavy (non-hydrogen) atoms. The number of nitrogens with zero attached hydrogens (tertiary/aromatic N) is 1. The number of rotatable bonds is 8. The average molecular weight is 318 g/mol. The molecule has 0 unspecified atom stereocenters. The first-order valence-corrected chi connectivity index (χ1v) is 7.07. The maximum atomic E-state index is 12.7. The highest BCUT2D eigenvalue weighted by molar-refractivity contribution is 7.89. The maximum absolute atomic E-state index is 12.7. The van der Waals surface area contributed by atoms with Gasteiger partial charge >= 0.3 is 12.3 Å². The molecule has 0 saturated carbocycles. The highest BCUT2D eigenvalue weighted by Crippen LogP contribution is 2.22. The van der Waals surface area contributed by atoms with Crippen LogP contribution < -0.4 is 10.0 Å². The Bertz CT molecular complexity index is 532. The zero-order chi connectivity index (χ0) is 15.4. The Hall–Kier alpha value is -1.20. The van der Waals surface area contributed by atoms with E-state index in [0.29, 0.717) is 6.54 Å². The summed E-state index contributed by atoms with van der Waals surface area (Å²) in [5, 5.41) is 8.05. The van der Waals surface area contributed by atoms with E-state index in [1.807, 2.05) is 0 Å². The van der Waals surface area contributed by atoms with Gasteiger partial charge < -0.3 is 5.32 Å². The standard InChI is InChI=1S/C9H14F4N4O2S/c1-2-14-3-6-4-15-17-7(6)20(18,19)16-5-9(12,13)8(10)11/h4,8,14,16H,2-3,5H2,1H3,(H,15,17). The summed E-state index contributed by atoms with van der Waals surface area (Å²) in [5.74, 6) is -4.44. The molecular formula is C9H14F4N4O2S. The summed E-state index contributed by atoms with van der Waals surface area (Å²) in [4.78, 5) is 0. The van der Waals surface area contributed by atoms with Gasteiger partial charge in [0, 0.05) is 12.1 Å². The smallest absolute Gasteiger partial charge is 0.313 e. The van der Waals surface area contributed by atoms with Crippen molar-refractivity contribution in [2.24, 2.45) is 0 Å². The molecule has 0 saturated heterocycles. The number of hydrogen-bond acceptors (Lipinski definition) is 4. The van der Waals surface area contributed by atoms with Crippen LogP contribution in [-0.4, -0.2) is 44.1 Å². The highest BCUT2D eigenvalue weighted by Gasteiger charge is 2.41. The second-order valence-corrected chi connectivity index (χ2v) is 5.59. The van der Waals surface area contributed by atoms with Crippen molar-refractivity contribution in [3.8, 4) is 0 Å². The van der Waals surface area contributed by atoms with Crippen molar-refractivity contribution >= 4 is 10.0 Å². The average Bonchev–Trinajstić information content (AvgIpc) is 2.83. The quantitative estimate of drug-likeness (QED) is 0.616. The van der Waals surface area contributed by atoms with Crippen LogP contribution in [0.4, 0.5) is 17.6 Å². The summed E-state index contributed by atoms with van der Waals surface area (Å²) < 4.78 is 74.3. The predicted molar refractivity (Wildman–Crippen MR) is 62.1 cm³/mol. The van der Waals surface area contributed by atoms with Crippen LogP contribution in [0.5, 0.6) is 0 Å². The summed E-state index contributed by atoms with van der Waals surface area (Å²) in [7, 11) is -4.37. The number of nitrogens with one attached hydrogen (secondary N) is 3. The molecule has 3 N–H and O–H groups in total. The molecule has 0 fully saturated rings. The number of halogens is 4. The molecule has 116 valence electrons. The van der Waals surface area contributed by atoms with E-state index >= 15 is 0 Å². The molecule has 0 aliphatic heterocycles. The van der Waals surface area contributed by atoms with Gasteiger partial charge in [0.15, 0.2) is 5.03 Å². The lowest BCUT2D eigenvalue weighted by Gasteiger charge is -2.15. The monoisotopic (exact) mass is 318 g/mol. The summed E-state index contributed by atoms with van der Waals surface area (Å²) in [6, 6.07) is 0. The summed E-state index contributed by atoms with van der Waals surface area (Å²) in [5.41, 5.74) is 0.222. The van der Waals surface area contributed by atoms with Crippen LogP contribution in [0.1, 0.15) is 12.5 Å². The number of alkyl halides is 4. The first kappa shape index (κ1) is 16.9. The molecular weight excluding hydrogens is 304 g/mol. The second kappa shape index (κ2) is 6.50. The van der Waals surface area contributed by atoms with Crippen molar-refractivity contribution < 1.29 is 26.0 Å². The van der Waals surface area contributed by atoms with Gasteiger partial charge in [-0.05, 0) is 6.54 Å². The SMILES string of the molecule is CCNCc1cn[nH]c1S(=O)(=O)NCC(F)(F)C(F)F. The van der Waals surface area contributed by atoms with Crippen LogP contribution in [-0.2, 0) is 16.6 Å². The fraction of sp³-hybridized carbons (Fsp3) is 0.667. The number of aromatic nitrogens is 2. The van der Waals surface area contributed by atoms with Gasteiger partial charge in [-0.25, -0.2) is 21.9 Å². The lowest BCUT2D eigenvalue weighted by Crippen LogP contribution is -2.41.